The van der Waals surface area contributed by atoms with E-state index in [9.17, 15) is 9.50 Å². The number of rotatable bonds is 2. The Morgan fingerprint density at radius 3 is 2.75 bits per heavy atom. The molecular formula is C10H10FN3O2. The van der Waals surface area contributed by atoms with Crippen LogP contribution in [0, 0.1) is 5.82 Å². The van der Waals surface area contributed by atoms with E-state index in [4.69, 9.17) is 10.5 Å². The van der Waals surface area contributed by atoms with Gasteiger partial charge in [-0.2, -0.15) is 5.10 Å². The topological polar surface area (TPSA) is 84.2 Å². The second-order valence-corrected chi connectivity index (χ2v) is 3.21. The number of ether oxygens (including phenoxy) is 1. The van der Waals surface area contributed by atoms with Crippen LogP contribution in [0.15, 0.2) is 18.3 Å². The highest BCUT2D eigenvalue weighted by molar-refractivity contribution is 5.75. The van der Waals surface area contributed by atoms with Gasteiger partial charge >= 0.3 is 0 Å². The number of phenolic OH excluding ortho intramolecular Hbond substituents is 1. The summed E-state index contributed by atoms with van der Waals surface area (Å²) in [6.07, 6.45) is 1.45. The molecule has 84 valence electrons. The second-order valence-electron chi connectivity index (χ2n) is 3.21. The number of aromatic hydroxyl groups is 1. The number of hydrogen-bond acceptors (Lipinski definition) is 4. The maximum absolute atomic E-state index is 13.5. The molecule has 6 heteroatoms. The van der Waals surface area contributed by atoms with Crippen LogP contribution in [0.25, 0.3) is 11.1 Å². The first-order valence-electron chi connectivity index (χ1n) is 4.49. The number of nitrogens with one attached hydrogen (secondary N) is 1. The minimum absolute atomic E-state index is 0.189. The Bertz CT molecular complexity index is 502. The maximum Gasteiger partial charge on any atom is 0.196 e. The summed E-state index contributed by atoms with van der Waals surface area (Å²) in [4.78, 5) is 0. The Balaban J connectivity index is 2.57. The minimum Gasteiger partial charge on any atom is -0.504 e. The van der Waals surface area contributed by atoms with Gasteiger partial charge in [0.15, 0.2) is 17.3 Å². The number of phenols is 1. The summed E-state index contributed by atoms with van der Waals surface area (Å²) in [6.45, 7) is 0. The summed E-state index contributed by atoms with van der Waals surface area (Å²) < 4.78 is 18.2. The number of halogens is 1. The van der Waals surface area contributed by atoms with Crippen LogP contribution in [0.4, 0.5) is 10.2 Å². The monoisotopic (exact) mass is 223 g/mol. The average Bonchev–Trinajstić information content (AvgIpc) is 2.64. The fourth-order valence-electron chi connectivity index (χ4n) is 1.46. The van der Waals surface area contributed by atoms with Crippen molar-refractivity contribution in [3.8, 4) is 22.6 Å². The highest BCUT2D eigenvalue weighted by atomic mass is 19.1. The summed E-state index contributed by atoms with van der Waals surface area (Å²) in [5.74, 6) is -0.814. The third-order valence-corrected chi connectivity index (χ3v) is 2.21. The quantitative estimate of drug-likeness (QED) is 0.720. The lowest BCUT2D eigenvalue weighted by Crippen LogP contribution is -1.92. The van der Waals surface area contributed by atoms with Gasteiger partial charge in [0.2, 0.25) is 0 Å². The second kappa shape index (κ2) is 3.73. The highest BCUT2D eigenvalue weighted by Crippen LogP contribution is 2.35. The molecule has 5 nitrogen and oxygen atoms in total. The van der Waals surface area contributed by atoms with Crippen molar-refractivity contribution in [3.63, 3.8) is 0 Å². The van der Waals surface area contributed by atoms with Gasteiger partial charge in [0, 0.05) is 5.56 Å². The van der Waals surface area contributed by atoms with E-state index in [2.05, 4.69) is 10.2 Å². The standard InChI is InChI=1S/C10H10FN3O2/c1-16-9-7(11)2-5(3-8(9)15)6-4-13-14-10(6)12/h2-4,15H,1H3,(H3,12,13,14). The normalized spacial score (nSPS) is 10.4. The van der Waals surface area contributed by atoms with Gasteiger partial charge in [0.1, 0.15) is 5.82 Å². The van der Waals surface area contributed by atoms with Crippen molar-refractivity contribution < 1.29 is 14.2 Å². The summed E-state index contributed by atoms with van der Waals surface area (Å²) in [7, 11) is 1.28. The molecule has 1 heterocycles. The third kappa shape index (κ3) is 1.54. The van der Waals surface area contributed by atoms with E-state index in [0.29, 0.717) is 16.9 Å². The number of aromatic amines is 1. The lowest BCUT2D eigenvalue weighted by molar-refractivity contribution is 0.351. The van der Waals surface area contributed by atoms with Gasteiger partial charge in [-0.3, -0.25) is 5.10 Å². The number of nitrogens with two attached hydrogens (primary N) is 1. The van der Waals surface area contributed by atoms with E-state index in [-0.39, 0.29) is 11.5 Å². The van der Waals surface area contributed by atoms with Gasteiger partial charge in [-0.25, -0.2) is 4.39 Å². The van der Waals surface area contributed by atoms with Crippen LogP contribution in [-0.4, -0.2) is 22.4 Å². The van der Waals surface area contributed by atoms with Gasteiger partial charge in [0.25, 0.3) is 0 Å². The Kier molecular flexibility index (Phi) is 2.40. The number of benzene rings is 1. The average molecular weight is 223 g/mol. The first-order valence-corrected chi connectivity index (χ1v) is 4.49. The number of H-pyrrole nitrogens is 1. The molecule has 0 saturated carbocycles. The lowest BCUT2D eigenvalue weighted by atomic mass is 10.1. The number of aromatic nitrogens is 2. The summed E-state index contributed by atoms with van der Waals surface area (Å²) >= 11 is 0. The zero-order valence-corrected chi connectivity index (χ0v) is 8.49. The van der Waals surface area contributed by atoms with Crippen LogP contribution in [0.1, 0.15) is 0 Å². The van der Waals surface area contributed by atoms with E-state index >= 15 is 0 Å². The molecule has 1 aromatic heterocycles. The van der Waals surface area contributed by atoms with Gasteiger partial charge in [-0.05, 0) is 17.7 Å². The molecule has 0 aliphatic carbocycles. The molecule has 0 bridgehead atoms. The zero-order valence-electron chi connectivity index (χ0n) is 8.49. The largest absolute Gasteiger partial charge is 0.504 e. The van der Waals surface area contributed by atoms with Crippen molar-refractivity contribution >= 4 is 5.82 Å². The minimum atomic E-state index is -0.655. The molecule has 16 heavy (non-hydrogen) atoms. The van der Waals surface area contributed by atoms with Crippen molar-refractivity contribution in [3.05, 3.63) is 24.1 Å². The highest BCUT2D eigenvalue weighted by Gasteiger charge is 2.13. The smallest absolute Gasteiger partial charge is 0.196 e. The predicted molar refractivity (Wildman–Crippen MR) is 56.6 cm³/mol. The fraction of sp³-hybridized carbons (Fsp3) is 0.100. The van der Waals surface area contributed by atoms with Crippen molar-refractivity contribution in [2.45, 2.75) is 0 Å². The number of methoxy groups -OCH3 is 1. The van der Waals surface area contributed by atoms with Gasteiger partial charge in [0.05, 0.1) is 13.3 Å². The van der Waals surface area contributed by atoms with Gasteiger partial charge in [-0.15, -0.1) is 0 Å². The molecule has 0 radical (unpaired) electrons. The van der Waals surface area contributed by atoms with Crippen molar-refractivity contribution in [2.24, 2.45) is 0 Å². The molecule has 2 rings (SSSR count). The first kappa shape index (κ1) is 10.3. The summed E-state index contributed by atoms with van der Waals surface area (Å²) in [5.41, 5.74) is 6.55. The van der Waals surface area contributed by atoms with Crippen LogP contribution in [0.5, 0.6) is 11.5 Å². The Hall–Kier alpha value is -2.24. The van der Waals surface area contributed by atoms with Crippen LogP contribution in [0.3, 0.4) is 0 Å². The molecule has 0 fully saturated rings. The Labute approximate surface area is 90.7 Å². The lowest BCUT2D eigenvalue weighted by Gasteiger charge is -2.07. The summed E-state index contributed by atoms with van der Waals surface area (Å²) in [6, 6.07) is 2.59. The molecular weight excluding hydrogens is 213 g/mol. The van der Waals surface area contributed by atoms with Crippen molar-refractivity contribution in [2.75, 3.05) is 12.8 Å². The number of hydrogen-bond donors (Lipinski definition) is 3. The fourth-order valence-corrected chi connectivity index (χ4v) is 1.46. The van der Waals surface area contributed by atoms with E-state index in [0.717, 1.165) is 0 Å². The first-order chi connectivity index (χ1) is 7.63. The van der Waals surface area contributed by atoms with Crippen molar-refractivity contribution in [1.29, 1.82) is 0 Å². The van der Waals surface area contributed by atoms with E-state index in [1.54, 1.807) is 0 Å². The molecule has 0 aliphatic heterocycles. The molecule has 0 spiro atoms. The van der Waals surface area contributed by atoms with E-state index in [1.165, 1.54) is 25.4 Å². The van der Waals surface area contributed by atoms with Crippen LogP contribution in [0.2, 0.25) is 0 Å². The van der Waals surface area contributed by atoms with E-state index in [1.807, 2.05) is 0 Å². The van der Waals surface area contributed by atoms with Crippen LogP contribution < -0.4 is 10.5 Å². The number of nitrogens with zero attached hydrogens (tertiary/aromatic N) is 1. The van der Waals surface area contributed by atoms with Gasteiger partial charge in [-0.1, -0.05) is 0 Å². The molecule has 2 aromatic rings. The molecule has 1 aromatic carbocycles. The van der Waals surface area contributed by atoms with Crippen LogP contribution >= 0.6 is 0 Å². The molecule has 0 unspecified atom stereocenters. The number of nitrogen functional groups attached to an aromatic ring is 1. The number of anilines is 1. The van der Waals surface area contributed by atoms with E-state index < -0.39 is 5.82 Å². The molecule has 0 saturated heterocycles. The molecule has 4 N–H and O–H groups in total. The molecule has 0 amide bonds. The van der Waals surface area contributed by atoms with Crippen LogP contribution in [-0.2, 0) is 0 Å². The zero-order chi connectivity index (χ0) is 11.7. The third-order valence-electron chi connectivity index (χ3n) is 2.21. The maximum atomic E-state index is 13.5. The van der Waals surface area contributed by atoms with Crippen molar-refractivity contribution in [1.82, 2.24) is 10.2 Å². The Morgan fingerprint density at radius 1 is 1.50 bits per heavy atom. The molecule has 0 atom stereocenters. The predicted octanol–water partition coefficient (Wildman–Crippen LogP) is 1.51. The molecule has 0 aliphatic rings. The van der Waals surface area contributed by atoms with Gasteiger partial charge < -0.3 is 15.6 Å². The Morgan fingerprint density at radius 2 is 2.25 bits per heavy atom. The SMILES string of the molecule is COc1c(O)cc(-c2cn[nH]c2N)cc1F. The summed E-state index contributed by atoms with van der Waals surface area (Å²) in [5, 5.41) is 15.8.